The van der Waals surface area contributed by atoms with Gasteiger partial charge in [-0.15, -0.1) is 0 Å². The molecule has 18 heavy (non-hydrogen) atoms. The number of H-pyrrole nitrogens is 1. The van der Waals surface area contributed by atoms with Crippen LogP contribution in [0, 0.1) is 0 Å². The number of carboxylic acid groups (broad SMARTS) is 1. The number of imidazole rings is 1. The molecule has 3 heterocycles. The predicted octanol–water partition coefficient (Wildman–Crippen LogP) is 1.78. The second-order valence-electron chi connectivity index (χ2n) is 3.62. The molecule has 90 valence electrons. The summed E-state index contributed by atoms with van der Waals surface area (Å²) in [6.45, 7) is 0. The number of aromatic amines is 1. The maximum Gasteiger partial charge on any atom is 0.512 e. The van der Waals surface area contributed by atoms with Crippen molar-refractivity contribution >= 4 is 11.8 Å². The first kappa shape index (κ1) is 10.3. The topological polar surface area (TPSA) is 92.5 Å². The van der Waals surface area contributed by atoms with Crippen molar-refractivity contribution in [2.24, 2.45) is 0 Å². The lowest BCUT2D eigenvalue weighted by Crippen LogP contribution is -2.02. The molecular weight excluding hydrogens is 236 g/mol. The number of pyridine rings is 1. The molecule has 3 aromatic heterocycles. The van der Waals surface area contributed by atoms with Gasteiger partial charge in [-0.05, 0) is 12.1 Å². The molecule has 0 saturated heterocycles. The molecule has 0 radical (unpaired) electrons. The van der Waals surface area contributed by atoms with Crippen molar-refractivity contribution in [1.82, 2.24) is 19.6 Å². The van der Waals surface area contributed by atoms with E-state index in [1.807, 2.05) is 12.3 Å². The Balaban J connectivity index is 2.04. The van der Waals surface area contributed by atoms with E-state index in [-0.39, 0.29) is 5.88 Å². The fraction of sp³-hybridized carbons (Fsp3) is 0. The van der Waals surface area contributed by atoms with E-state index >= 15 is 0 Å². The van der Waals surface area contributed by atoms with Crippen LogP contribution in [0.25, 0.3) is 16.8 Å². The summed E-state index contributed by atoms with van der Waals surface area (Å²) < 4.78 is 6.19. The van der Waals surface area contributed by atoms with Gasteiger partial charge in [0, 0.05) is 23.5 Å². The SMILES string of the molecule is O=C(O)Oc1cn2cc(-c3cn[nH]c3)ccc2n1. The van der Waals surface area contributed by atoms with Crippen molar-refractivity contribution in [3.05, 3.63) is 36.9 Å². The van der Waals surface area contributed by atoms with Gasteiger partial charge in [-0.2, -0.15) is 10.1 Å². The Morgan fingerprint density at radius 1 is 1.33 bits per heavy atom. The summed E-state index contributed by atoms with van der Waals surface area (Å²) in [6, 6.07) is 3.65. The van der Waals surface area contributed by atoms with E-state index < -0.39 is 6.16 Å². The third-order valence-electron chi connectivity index (χ3n) is 2.45. The van der Waals surface area contributed by atoms with E-state index in [9.17, 15) is 4.79 Å². The van der Waals surface area contributed by atoms with Gasteiger partial charge in [0.25, 0.3) is 0 Å². The van der Waals surface area contributed by atoms with Crippen molar-refractivity contribution in [3.8, 4) is 17.0 Å². The highest BCUT2D eigenvalue weighted by Gasteiger charge is 2.07. The van der Waals surface area contributed by atoms with Crippen LogP contribution in [0.15, 0.2) is 36.9 Å². The predicted molar refractivity (Wildman–Crippen MR) is 61.4 cm³/mol. The molecule has 0 amide bonds. The fourth-order valence-electron chi connectivity index (χ4n) is 1.69. The van der Waals surface area contributed by atoms with Crippen molar-refractivity contribution in [1.29, 1.82) is 0 Å². The highest BCUT2D eigenvalue weighted by molar-refractivity contribution is 5.64. The molecule has 0 aliphatic heterocycles. The van der Waals surface area contributed by atoms with Crippen molar-refractivity contribution in [2.75, 3.05) is 0 Å². The first-order valence-electron chi connectivity index (χ1n) is 5.11. The van der Waals surface area contributed by atoms with Crippen LogP contribution in [0.1, 0.15) is 0 Å². The summed E-state index contributed by atoms with van der Waals surface area (Å²) in [6.07, 6.45) is 5.42. The number of hydrogen-bond donors (Lipinski definition) is 2. The largest absolute Gasteiger partial charge is 0.512 e. The molecule has 3 aromatic rings. The Labute approximate surface area is 101 Å². The maximum absolute atomic E-state index is 10.4. The quantitative estimate of drug-likeness (QED) is 0.670. The Hall–Kier alpha value is -2.83. The normalized spacial score (nSPS) is 10.7. The van der Waals surface area contributed by atoms with Gasteiger partial charge in [0.15, 0.2) is 0 Å². The van der Waals surface area contributed by atoms with Crippen LogP contribution in [0.4, 0.5) is 4.79 Å². The standard InChI is InChI=1S/C11H8N4O3/c16-11(17)18-10-6-15-5-7(1-2-9(15)14-10)8-3-12-13-4-8/h1-6H,(H,12,13)(H,16,17). The van der Waals surface area contributed by atoms with E-state index in [1.54, 1.807) is 22.9 Å². The van der Waals surface area contributed by atoms with E-state index in [2.05, 4.69) is 19.9 Å². The number of nitrogens with zero attached hydrogens (tertiary/aromatic N) is 3. The second kappa shape index (κ2) is 3.88. The van der Waals surface area contributed by atoms with E-state index in [0.717, 1.165) is 11.1 Å². The van der Waals surface area contributed by atoms with Gasteiger partial charge in [0.1, 0.15) is 5.65 Å². The third kappa shape index (κ3) is 1.77. The molecule has 2 N–H and O–H groups in total. The van der Waals surface area contributed by atoms with Gasteiger partial charge < -0.3 is 14.2 Å². The Morgan fingerprint density at radius 3 is 2.94 bits per heavy atom. The molecule has 7 nitrogen and oxygen atoms in total. The lowest BCUT2D eigenvalue weighted by molar-refractivity contribution is 0.143. The van der Waals surface area contributed by atoms with Crippen molar-refractivity contribution in [2.45, 2.75) is 0 Å². The summed E-state index contributed by atoms with van der Waals surface area (Å²) in [5.41, 5.74) is 2.49. The highest BCUT2D eigenvalue weighted by atomic mass is 16.7. The van der Waals surface area contributed by atoms with Crippen LogP contribution >= 0.6 is 0 Å². The zero-order valence-electron chi connectivity index (χ0n) is 9.07. The molecule has 0 atom stereocenters. The van der Waals surface area contributed by atoms with Crippen molar-refractivity contribution in [3.63, 3.8) is 0 Å². The molecule has 7 heteroatoms. The number of ether oxygens (including phenoxy) is 1. The molecule has 0 unspecified atom stereocenters. The zero-order valence-corrected chi connectivity index (χ0v) is 9.07. The molecule has 3 rings (SSSR count). The number of carbonyl (C=O) groups is 1. The fourth-order valence-corrected chi connectivity index (χ4v) is 1.69. The minimum atomic E-state index is -1.38. The number of hydrogen-bond acceptors (Lipinski definition) is 4. The minimum absolute atomic E-state index is 0.0480. The van der Waals surface area contributed by atoms with Crippen LogP contribution in [0.5, 0.6) is 5.88 Å². The monoisotopic (exact) mass is 244 g/mol. The van der Waals surface area contributed by atoms with Gasteiger partial charge in [0.2, 0.25) is 5.88 Å². The van der Waals surface area contributed by atoms with E-state index in [4.69, 9.17) is 5.11 Å². The van der Waals surface area contributed by atoms with E-state index in [1.165, 1.54) is 6.20 Å². The first-order valence-corrected chi connectivity index (χ1v) is 5.11. The Morgan fingerprint density at radius 2 is 2.22 bits per heavy atom. The number of aromatic nitrogens is 4. The molecule has 0 bridgehead atoms. The van der Waals surface area contributed by atoms with Crippen LogP contribution < -0.4 is 4.74 Å². The average molecular weight is 244 g/mol. The average Bonchev–Trinajstić information content (AvgIpc) is 2.94. The smallest absolute Gasteiger partial charge is 0.449 e. The van der Waals surface area contributed by atoms with Gasteiger partial charge in [-0.3, -0.25) is 5.10 Å². The highest BCUT2D eigenvalue weighted by Crippen LogP contribution is 2.20. The first-order chi connectivity index (χ1) is 8.72. The van der Waals surface area contributed by atoms with Gasteiger partial charge in [-0.25, -0.2) is 4.79 Å². The molecule has 0 aliphatic rings. The Kier molecular flexibility index (Phi) is 2.23. The summed E-state index contributed by atoms with van der Waals surface area (Å²) in [5, 5.41) is 15.1. The van der Waals surface area contributed by atoms with Gasteiger partial charge in [0.05, 0.1) is 12.4 Å². The van der Waals surface area contributed by atoms with Gasteiger partial charge >= 0.3 is 6.16 Å². The van der Waals surface area contributed by atoms with E-state index in [0.29, 0.717) is 5.65 Å². The molecule has 0 spiro atoms. The summed E-state index contributed by atoms with van der Waals surface area (Å²) in [7, 11) is 0. The number of nitrogens with one attached hydrogen (secondary N) is 1. The van der Waals surface area contributed by atoms with Crippen LogP contribution in [-0.4, -0.2) is 30.8 Å². The number of fused-ring (bicyclic) bond motifs is 1. The second-order valence-corrected chi connectivity index (χ2v) is 3.62. The minimum Gasteiger partial charge on any atom is -0.449 e. The lowest BCUT2D eigenvalue weighted by atomic mass is 10.2. The molecule has 0 fully saturated rings. The summed E-state index contributed by atoms with van der Waals surface area (Å²) in [4.78, 5) is 14.4. The zero-order chi connectivity index (χ0) is 12.5. The van der Waals surface area contributed by atoms with Crippen LogP contribution in [0.2, 0.25) is 0 Å². The summed E-state index contributed by atoms with van der Waals surface area (Å²) in [5.74, 6) is 0.0480. The molecule has 0 aromatic carbocycles. The maximum atomic E-state index is 10.4. The molecule has 0 aliphatic carbocycles. The molecular formula is C11H8N4O3. The van der Waals surface area contributed by atoms with Crippen molar-refractivity contribution < 1.29 is 14.6 Å². The van der Waals surface area contributed by atoms with Crippen LogP contribution in [-0.2, 0) is 0 Å². The summed E-state index contributed by atoms with van der Waals surface area (Å²) >= 11 is 0. The van der Waals surface area contributed by atoms with Crippen LogP contribution in [0.3, 0.4) is 0 Å². The van der Waals surface area contributed by atoms with Gasteiger partial charge in [-0.1, -0.05) is 0 Å². The third-order valence-corrected chi connectivity index (χ3v) is 2.45. The Bertz CT molecular complexity index is 702. The lowest BCUT2D eigenvalue weighted by Gasteiger charge is -1.97. The molecule has 0 saturated carbocycles. The number of rotatable bonds is 2.